The molecule has 2 aliphatic heterocycles. The van der Waals surface area contributed by atoms with Crippen molar-refractivity contribution in [1.29, 1.82) is 0 Å². The van der Waals surface area contributed by atoms with Crippen molar-refractivity contribution < 1.29 is 14.6 Å². The van der Waals surface area contributed by atoms with Crippen LogP contribution in [0, 0.1) is 17.0 Å². The third kappa shape index (κ3) is 1.88. The molecule has 0 unspecified atom stereocenters. The van der Waals surface area contributed by atoms with Gasteiger partial charge in [-0.2, -0.15) is 0 Å². The first-order chi connectivity index (χ1) is 9.42. The topological polar surface area (TPSA) is 56.8 Å². The first kappa shape index (κ1) is 13.4. The summed E-state index contributed by atoms with van der Waals surface area (Å²) in [5, 5.41) is 11.2. The summed E-state index contributed by atoms with van der Waals surface area (Å²) in [5.41, 5.74) is 1.85. The third-order valence-corrected chi connectivity index (χ3v) is 4.59. The van der Waals surface area contributed by atoms with E-state index in [-0.39, 0.29) is 22.3 Å². The average Bonchev–Trinajstić information content (AvgIpc) is 2.93. The molecule has 5 heteroatoms. The molecule has 0 spiro atoms. The minimum atomic E-state index is -0.390. The van der Waals surface area contributed by atoms with Crippen molar-refractivity contribution in [3.05, 3.63) is 33.4 Å². The van der Waals surface area contributed by atoms with Crippen LogP contribution in [0.25, 0.3) is 0 Å². The number of nitrogens with zero attached hydrogens (tertiary/aromatic N) is 1. The number of benzene rings is 1. The Morgan fingerprint density at radius 3 is 2.60 bits per heavy atom. The lowest BCUT2D eigenvalue weighted by atomic mass is 9.90. The normalized spacial score (nSPS) is 24.4. The molecule has 20 heavy (non-hydrogen) atoms. The highest BCUT2D eigenvalue weighted by atomic mass is 16.6. The van der Waals surface area contributed by atoms with Gasteiger partial charge in [-0.25, -0.2) is 0 Å². The summed E-state index contributed by atoms with van der Waals surface area (Å²) in [6, 6.07) is 3.61. The van der Waals surface area contributed by atoms with Crippen LogP contribution in [0.5, 0.6) is 5.75 Å². The van der Waals surface area contributed by atoms with Crippen LogP contribution in [0.1, 0.15) is 43.9 Å². The van der Waals surface area contributed by atoms with Crippen molar-refractivity contribution in [2.45, 2.75) is 45.3 Å². The van der Waals surface area contributed by atoms with E-state index in [2.05, 4.69) is 0 Å². The smallest absolute Gasteiger partial charge is 0.311 e. The number of hydrogen-bond acceptors (Lipinski definition) is 3. The monoisotopic (exact) mass is 277 g/mol. The van der Waals surface area contributed by atoms with Gasteiger partial charge in [-0.05, 0) is 26.3 Å². The van der Waals surface area contributed by atoms with E-state index in [0.717, 1.165) is 24.2 Å². The molecule has 0 radical (unpaired) electrons. The molecule has 3 rings (SSSR count). The number of nitro groups is 1. The molecule has 1 saturated heterocycles. The molecule has 2 aliphatic rings. The summed E-state index contributed by atoms with van der Waals surface area (Å²) < 4.78 is 6.03. The van der Waals surface area contributed by atoms with E-state index in [1.807, 2.05) is 26.8 Å². The quantitative estimate of drug-likeness (QED) is 0.662. The second-order valence-electron chi connectivity index (χ2n) is 6.41. The molecular formula is C15H21N2O3+. The van der Waals surface area contributed by atoms with E-state index in [1.165, 1.54) is 17.7 Å². The maximum absolute atomic E-state index is 11.2. The van der Waals surface area contributed by atoms with Gasteiger partial charge < -0.3 is 9.64 Å². The number of rotatable bonds is 2. The van der Waals surface area contributed by atoms with Crippen LogP contribution in [-0.4, -0.2) is 23.6 Å². The molecule has 1 N–H and O–H groups in total. The summed E-state index contributed by atoms with van der Waals surface area (Å²) in [5.74, 6) is 0.490. The first-order valence-electron chi connectivity index (χ1n) is 7.23. The molecular weight excluding hydrogens is 256 g/mol. The molecule has 5 nitrogen and oxygen atoms in total. The Labute approximate surface area is 118 Å². The van der Waals surface area contributed by atoms with Gasteiger partial charge in [0.05, 0.1) is 23.6 Å². The number of hydrogen-bond donors (Lipinski definition) is 1. The van der Waals surface area contributed by atoms with Crippen LogP contribution >= 0.6 is 0 Å². The number of likely N-dealkylation sites (tertiary alicyclic amines) is 1. The van der Waals surface area contributed by atoms with E-state index in [0.29, 0.717) is 5.75 Å². The Morgan fingerprint density at radius 1 is 1.35 bits per heavy atom. The van der Waals surface area contributed by atoms with Crippen LogP contribution in [-0.2, 0) is 0 Å². The lowest BCUT2D eigenvalue weighted by Crippen LogP contribution is -3.12. The summed E-state index contributed by atoms with van der Waals surface area (Å²) in [7, 11) is 0. The van der Waals surface area contributed by atoms with Crippen molar-refractivity contribution in [2.24, 2.45) is 0 Å². The number of nitro benzene ring substituents is 1. The Kier molecular flexibility index (Phi) is 2.97. The second kappa shape index (κ2) is 4.45. The molecule has 108 valence electrons. The zero-order valence-electron chi connectivity index (χ0n) is 12.2. The van der Waals surface area contributed by atoms with Crippen LogP contribution in [0.2, 0.25) is 0 Å². The number of ether oxygens (including phenoxy) is 1. The number of quaternary nitrogens is 1. The van der Waals surface area contributed by atoms with Gasteiger partial charge in [-0.1, -0.05) is 6.07 Å². The molecule has 0 saturated carbocycles. The highest BCUT2D eigenvalue weighted by molar-refractivity contribution is 5.59. The lowest BCUT2D eigenvalue weighted by Gasteiger charge is -2.31. The average molecular weight is 277 g/mol. The van der Waals surface area contributed by atoms with Crippen molar-refractivity contribution in [3.63, 3.8) is 0 Å². The molecule has 2 heterocycles. The van der Waals surface area contributed by atoms with Gasteiger partial charge in [0.2, 0.25) is 5.75 Å². The summed E-state index contributed by atoms with van der Waals surface area (Å²) in [6.07, 6.45) is 2.45. The Hall–Kier alpha value is -1.62. The molecule has 1 fully saturated rings. The Morgan fingerprint density at radius 2 is 2.00 bits per heavy atom. The maximum Gasteiger partial charge on any atom is 0.311 e. The van der Waals surface area contributed by atoms with Gasteiger partial charge >= 0.3 is 5.69 Å². The SMILES string of the molecule is Cc1ccc([N+](=O)[O-])c2c1[C@@H]([NH+]1CCCC1)C(C)(C)O2. The zero-order chi connectivity index (χ0) is 14.5. The zero-order valence-corrected chi connectivity index (χ0v) is 12.2. The van der Waals surface area contributed by atoms with Gasteiger partial charge in [0.25, 0.3) is 0 Å². The van der Waals surface area contributed by atoms with Crippen molar-refractivity contribution in [1.82, 2.24) is 0 Å². The van der Waals surface area contributed by atoms with Gasteiger partial charge in [0.1, 0.15) is 0 Å². The van der Waals surface area contributed by atoms with Crippen LogP contribution in [0.15, 0.2) is 12.1 Å². The Balaban J connectivity index is 2.15. The fraction of sp³-hybridized carbons (Fsp3) is 0.600. The van der Waals surface area contributed by atoms with E-state index in [4.69, 9.17) is 4.74 Å². The molecule has 1 aromatic carbocycles. The molecule has 0 aromatic heterocycles. The van der Waals surface area contributed by atoms with Crippen molar-refractivity contribution >= 4 is 5.69 Å². The van der Waals surface area contributed by atoms with Crippen LogP contribution < -0.4 is 9.64 Å². The predicted octanol–water partition coefficient (Wildman–Crippen LogP) is 1.79. The maximum atomic E-state index is 11.2. The fourth-order valence-electron chi connectivity index (χ4n) is 3.78. The standard InChI is InChI=1S/C15H20N2O3/c1-10-6-7-11(17(18)19)13-12(10)14(15(2,3)20-13)16-8-4-5-9-16/h6-7,14H,4-5,8-9H2,1-3H3/p+1/t14-/m1/s1. The molecule has 0 bridgehead atoms. The minimum Gasteiger partial charge on any atom is -0.474 e. The molecule has 1 aromatic rings. The van der Waals surface area contributed by atoms with Gasteiger partial charge in [-0.15, -0.1) is 0 Å². The highest BCUT2D eigenvalue weighted by Gasteiger charge is 2.51. The van der Waals surface area contributed by atoms with Gasteiger partial charge in [-0.3, -0.25) is 10.1 Å². The van der Waals surface area contributed by atoms with Gasteiger partial charge in [0.15, 0.2) is 11.6 Å². The summed E-state index contributed by atoms with van der Waals surface area (Å²) >= 11 is 0. The van der Waals surface area contributed by atoms with E-state index < -0.39 is 0 Å². The summed E-state index contributed by atoms with van der Waals surface area (Å²) in [4.78, 5) is 12.4. The Bertz CT molecular complexity index is 562. The number of aryl methyl sites for hydroxylation is 1. The predicted molar refractivity (Wildman–Crippen MR) is 75.2 cm³/mol. The molecule has 0 aliphatic carbocycles. The van der Waals surface area contributed by atoms with Gasteiger partial charge in [0, 0.05) is 18.9 Å². The molecule has 0 amide bonds. The first-order valence-corrected chi connectivity index (χ1v) is 7.23. The van der Waals surface area contributed by atoms with E-state index >= 15 is 0 Å². The molecule has 1 atom stereocenters. The lowest BCUT2D eigenvalue weighted by molar-refractivity contribution is -0.925. The van der Waals surface area contributed by atoms with Crippen LogP contribution in [0.3, 0.4) is 0 Å². The fourth-order valence-corrected chi connectivity index (χ4v) is 3.78. The number of nitrogens with one attached hydrogen (secondary N) is 1. The number of fused-ring (bicyclic) bond motifs is 1. The van der Waals surface area contributed by atoms with Crippen molar-refractivity contribution in [2.75, 3.05) is 13.1 Å². The van der Waals surface area contributed by atoms with Crippen LogP contribution in [0.4, 0.5) is 5.69 Å². The summed E-state index contributed by atoms with van der Waals surface area (Å²) in [6.45, 7) is 8.37. The van der Waals surface area contributed by atoms with E-state index in [9.17, 15) is 10.1 Å². The largest absolute Gasteiger partial charge is 0.474 e. The highest BCUT2D eigenvalue weighted by Crippen LogP contribution is 2.48. The minimum absolute atomic E-state index is 0.0970. The second-order valence-corrected chi connectivity index (χ2v) is 6.41. The third-order valence-electron chi connectivity index (χ3n) is 4.59. The van der Waals surface area contributed by atoms with Crippen molar-refractivity contribution in [3.8, 4) is 5.75 Å². The van der Waals surface area contributed by atoms with E-state index in [1.54, 1.807) is 6.07 Å².